The monoisotopic (exact) mass is 785 g/mol. The molecule has 10 heteroatoms. The van der Waals surface area contributed by atoms with Crippen LogP contribution in [0, 0.1) is 6.92 Å². The first kappa shape index (κ1) is 28.1. The summed E-state index contributed by atoms with van der Waals surface area (Å²) < 4.78 is 5.71. The van der Waals surface area contributed by atoms with E-state index in [1.165, 1.54) is 59.2 Å². The zero-order valence-corrected chi connectivity index (χ0v) is 27.9. The molecule has 0 radical (unpaired) electrons. The highest BCUT2D eigenvalue weighted by molar-refractivity contribution is 9.49. The van der Waals surface area contributed by atoms with E-state index < -0.39 is 5.24 Å². The SMILES string of the molecule is Cc1ccc([B-]2(Br)[n+]3ccc(CCCCB(Br)Br)cc3-c3cc(CCCCB(Br)Br)cc[n+]32)cc1. The lowest BCUT2D eigenvalue weighted by Gasteiger charge is -2.19. The predicted octanol–water partition coefficient (Wildman–Crippen LogP) is 7.39. The van der Waals surface area contributed by atoms with E-state index in [9.17, 15) is 0 Å². The van der Waals surface area contributed by atoms with Crippen molar-refractivity contribution in [2.75, 3.05) is 0 Å². The van der Waals surface area contributed by atoms with Crippen molar-refractivity contribution in [3.8, 4) is 11.4 Å². The van der Waals surface area contributed by atoms with E-state index in [1.807, 2.05) is 0 Å². The molecule has 1 aromatic carbocycles. The van der Waals surface area contributed by atoms with Gasteiger partial charge in [-0.1, -0.05) is 55.3 Å². The van der Waals surface area contributed by atoms with Crippen LogP contribution in [0.1, 0.15) is 42.4 Å². The van der Waals surface area contributed by atoms with Crippen LogP contribution >= 0.6 is 78.8 Å². The van der Waals surface area contributed by atoms with E-state index >= 15 is 0 Å². The molecule has 0 amide bonds. The van der Waals surface area contributed by atoms with Crippen LogP contribution in [0.2, 0.25) is 12.6 Å². The number of pyridine rings is 2. The van der Waals surface area contributed by atoms with E-state index in [0.29, 0.717) is 8.72 Å². The molecule has 0 fully saturated rings. The minimum absolute atomic E-state index is 0.411. The van der Waals surface area contributed by atoms with Crippen molar-refractivity contribution in [3.05, 3.63) is 77.6 Å². The Morgan fingerprint density at radius 2 is 1.14 bits per heavy atom. The minimum atomic E-state index is -1.32. The predicted molar refractivity (Wildman–Crippen MR) is 171 cm³/mol. The smallest absolute Gasteiger partial charge is 0.334 e. The number of rotatable bonds is 11. The van der Waals surface area contributed by atoms with Gasteiger partial charge in [-0.15, -0.1) is 63.0 Å². The van der Waals surface area contributed by atoms with Gasteiger partial charge in [0.05, 0.1) is 0 Å². The molecule has 0 bridgehead atoms. The second kappa shape index (κ2) is 12.8. The van der Waals surface area contributed by atoms with Crippen molar-refractivity contribution in [1.82, 2.24) is 0 Å². The van der Waals surface area contributed by atoms with Crippen molar-refractivity contribution in [2.24, 2.45) is 0 Å². The van der Waals surface area contributed by atoms with Gasteiger partial charge in [-0.25, -0.2) is 0 Å². The highest BCUT2D eigenvalue weighted by Gasteiger charge is 2.56. The first-order valence-electron chi connectivity index (χ1n) is 12.4. The van der Waals surface area contributed by atoms with Crippen molar-refractivity contribution in [1.29, 1.82) is 0 Å². The number of nitrogens with zero attached hydrogens (tertiary/aromatic N) is 2. The van der Waals surface area contributed by atoms with Gasteiger partial charge in [0.1, 0.15) is 12.4 Å². The Morgan fingerprint density at radius 1 is 0.686 bits per heavy atom. The van der Waals surface area contributed by atoms with Gasteiger partial charge in [0.15, 0.2) is 0 Å². The lowest BCUT2D eigenvalue weighted by atomic mass is 9.67. The Kier molecular flexibility index (Phi) is 10.3. The van der Waals surface area contributed by atoms with Crippen LogP contribution in [0.4, 0.5) is 0 Å². The molecule has 182 valence electrons. The summed E-state index contributed by atoms with van der Waals surface area (Å²) in [5.74, 6) is 0. The lowest BCUT2D eigenvalue weighted by Crippen LogP contribution is -2.80. The van der Waals surface area contributed by atoms with Crippen molar-refractivity contribution >= 4 is 98.2 Å². The number of fused-ring (bicyclic) bond motifs is 3. The van der Waals surface area contributed by atoms with Crippen LogP contribution < -0.4 is 14.4 Å². The molecular formula is C25H29B3Br5N2+. The molecule has 0 atom stereocenters. The first-order chi connectivity index (χ1) is 16.8. The Morgan fingerprint density at radius 3 is 1.57 bits per heavy atom. The molecule has 3 aromatic rings. The second-order valence-corrected chi connectivity index (χ2v) is 17.7. The van der Waals surface area contributed by atoms with Crippen LogP contribution in [0.25, 0.3) is 11.4 Å². The molecule has 2 aromatic heterocycles. The van der Waals surface area contributed by atoms with Crippen molar-refractivity contribution < 1.29 is 8.96 Å². The molecular weight excluding hydrogens is 760 g/mol. The summed E-state index contributed by atoms with van der Waals surface area (Å²) in [5, 5.41) is -1.32. The second-order valence-electron chi connectivity index (χ2n) is 9.52. The summed E-state index contributed by atoms with van der Waals surface area (Å²) in [4.78, 5) is 0. The number of halogens is 5. The van der Waals surface area contributed by atoms with Gasteiger partial charge >= 0.3 is 5.24 Å². The van der Waals surface area contributed by atoms with Crippen LogP contribution in [0.3, 0.4) is 0 Å². The van der Waals surface area contributed by atoms with E-state index in [4.69, 9.17) is 0 Å². The maximum atomic E-state index is 4.25. The third kappa shape index (κ3) is 6.77. The Balaban J connectivity index is 1.67. The molecule has 0 saturated carbocycles. The van der Waals surface area contributed by atoms with Crippen LogP contribution in [0.5, 0.6) is 0 Å². The van der Waals surface area contributed by atoms with Gasteiger partial charge in [0, 0.05) is 24.3 Å². The van der Waals surface area contributed by atoms with E-state index in [-0.39, 0.29) is 0 Å². The third-order valence-corrected chi connectivity index (χ3v) is 10.1. The molecule has 0 unspecified atom stereocenters. The van der Waals surface area contributed by atoms with Gasteiger partial charge in [-0.3, -0.25) is 0 Å². The Labute approximate surface area is 252 Å². The molecule has 0 aliphatic carbocycles. The molecule has 35 heavy (non-hydrogen) atoms. The fourth-order valence-electron chi connectivity index (χ4n) is 4.95. The molecule has 4 rings (SSSR count). The van der Waals surface area contributed by atoms with Crippen LogP contribution in [-0.4, -0.2) is 14.0 Å². The summed E-state index contributed by atoms with van der Waals surface area (Å²) >= 11 is 18.6. The van der Waals surface area contributed by atoms with Gasteiger partial charge < -0.3 is 8.96 Å². The van der Waals surface area contributed by atoms with Gasteiger partial charge in [-0.05, 0) is 49.2 Å². The molecule has 0 N–H and O–H groups in total. The highest BCUT2D eigenvalue weighted by Crippen LogP contribution is 2.26. The largest absolute Gasteiger partial charge is 0.634 e. The van der Waals surface area contributed by atoms with Crippen molar-refractivity contribution in [3.63, 3.8) is 0 Å². The molecule has 1 aliphatic heterocycles. The first-order valence-corrected chi connectivity index (χ1v) is 16.9. The number of benzene rings is 1. The summed E-state index contributed by atoms with van der Waals surface area (Å²) in [6.45, 7) is 2.15. The topological polar surface area (TPSA) is 7.76 Å². The fraction of sp³-hybridized carbons (Fsp3) is 0.360. The number of aryl methyl sites for hydroxylation is 3. The van der Waals surface area contributed by atoms with Crippen molar-refractivity contribution in [2.45, 2.75) is 58.1 Å². The zero-order valence-electron chi connectivity index (χ0n) is 19.9. The van der Waals surface area contributed by atoms with Gasteiger partial charge in [0.25, 0.3) is 8.72 Å². The number of unbranched alkanes of at least 4 members (excludes halogenated alkanes) is 2. The maximum Gasteiger partial charge on any atom is 0.634 e. The van der Waals surface area contributed by atoms with Crippen LogP contribution in [0.15, 0.2) is 60.9 Å². The quantitative estimate of drug-likeness (QED) is 0.142. The molecule has 1 aliphatic rings. The van der Waals surface area contributed by atoms with E-state index in [2.05, 4.69) is 156 Å². The highest BCUT2D eigenvalue weighted by atomic mass is 79.9. The van der Waals surface area contributed by atoms with Crippen LogP contribution in [-0.2, 0) is 12.8 Å². The van der Waals surface area contributed by atoms with Gasteiger partial charge in [-0.2, -0.15) is 15.8 Å². The lowest BCUT2D eigenvalue weighted by molar-refractivity contribution is -0.630. The third-order valence-electron chi connectivity index (χ3n) is 6.88. The average molecular weight is 789 g/mol. The zero-order chi connectivity index (χ0) is 25.0. The number of hydrogen-bond acceptors (Lipinski definition) is 0. The molecule has 2 nitrogen and oxygen atoms in total. The summed E-state index contributed by atoms with van der Waals surface area (Å²) in [6.07, 6.45) is 13.9. The minimum Gasteiger partial charge on any atom is -0.334 e. The summed E-state index contributed by atoms with van der Waals surface area (Å²) in [6, 6.07) is 18.4. The summed E-state index contributed by atoms with van der Waals surface area (Å²) in [5.41, 5.74) is 7.97. The normalized spacial score (nSPS) is 13.4. The number of hydrogen-bond donors (Lipinski definition) is 0. The standard InChI is InChI=1S/C25H29B3Br5N2/c1-20-8-10-23(11-9-20)28(33)34-16-12-21(6-2-4-14-26(29)30)18-24(34)25-19-22(13-17-35(25)28)7-3-5-15-27(31)32/h8-13,16-19H,2-7,14-15H2,1H3/q+1. The Bertz CT molecular complexity index is 1090. The molecule has 0 spiro atoms. The van der Waals surface area contributed by atoms with E-state index in [1.54, 1.807) is 0 Å². The fourth-order valence-corrected chi connectivity index (χ4v) is 7.27. The van der Waals surface area contributed by atoms with Gasteiger partial charge in [0.2, 0.25) is 11.4 Å². The number of aromatic nitrogens is 2. The summed E-state index contributed by atoms with van der Waals surface area (Å²) in [7, 11) is 0. The molecule has 3 heterocycles. The molecule has 0 saturated heterocycles. The Hall–Kier alpha value is 0.115. The average Bonchev–Trinajstić information content (AvgIpc) is 3.08. The maximum absolute atomic E-state index is 4.25. The van der Waals surface area contributed by atoms with E-state index in [0.717, 1.165) is 25.5 Å².